The van der Waals surface area contributed by atoms with Crippen LogP contribution in [0, 0.1) is 17.5 Å². The fourth-order valence-corrected chi connectivity index (χ4v) is 1.65. The Balaban J connectivity index is 2.09. The van der Waals surface area contributed by atoms with E-state index in [1.807, 2.05) is 0 Å². The molecule has 20 heavy (non-hydrogen) atoms. The maximum Gasteiger partial charge on any atom is 0.248 e. The predicted molar refractivity (Wildman–Crippen MR) is 68.6 cm³/mol. The van der Waals surface area contributed by atoms with Gasteiger partial charge in [-0.25, -0.2) is 13.2 Å². The van der Waals surface area contributed by atoms with Gasteiger partial charge in [-0.3, -0.25) is 4.79 Å². The smallest absolute Gasteiger partial charge is 0.248 e. The van der Waals surface area contributed by atoms with Crippen LogP contribution in [0.5, 0.6) is 0 Å². The van der Waals surface area contributed by atoms with Crippen molar-refractivity contribution in [1.29, 1.82) is 0 Å². The second kappa shape index (κ2) is 5.64. The van der Waals surface area contributed by atoms with Gasteiger partial charge in [0.2, 0.25) is 5.91 Å². The minimum absolute atomic E-state index is 0.136. The molecule has 0 aromatic heterocycles. The summed E-state index contributed by atoms with van der Waals surface area (Å²) >= 11 is 0. The SMILES string of the molecule is NC(=O)c1ccc(CNc2ccc(F)c(F)c2F)cc1. The first-order valence-electron chi connectivity index (χ1n) is 5.75. The molecule has 0 aliphatic rings. The van der Waals surface area contributed by atoms with Crippen molar-refractivity contribution in [2.45, 2.75) is 6.54 Å². The van der Waals surface area contributed by atoms with Crippen molar-refractivity contribution in [3.63, 3.8) is 0 Å². The van der Waals surface area contributed by atoms with Gasteiger partial charge in [0.15, 0.2) is 17.5 Å². The summed E-state index contributed by atoms with van der Waals surface area (Å²) in [6.07, 6.45) is 0. The highest BCUT2D eigenvalue weighted by atomic mass is 19.2. The van der Waals surface area contributed by atoms with Crippen molar-refractivity contribution >= 4 is 11.6 Å². The first kappa shape index (κ1) is 13.9. The van der Waals surface area contributed by atoms with Crippen LogP contribution >= 0.6 is 0 Å². The lowest BCUT2D eigenvalue weighted by Gasteiger charge is -2.08. The highest BCUT2D eigenvalue weighted by molar-refractivity contribution is 5.92. The van der Waals surface area contributed by atoms with Gasteiger partial charge in [-0.05, 0) is 29.8 Å². The zero-order valence-electron chi connectivity index (χ0n) is 10.3. The Morgan fingerprint density at radius 2 is 1.65 bits per heavy atom. The molecule has 0 atom stereocenters. The van der Waals surface area contributed by atoms with Gasteiger partial charge < -0.3 is 11.1 Å². The molecule has 0 aliphatic carbocycles. The molecule has 3 nitrogen and oxygen atoms in total. The number of hydrogen-bond acceptors (Lipinski definition) is 2. The second-order valence-electron chi connectivity index (χ2n) is 4.14. The van der Waals surface area contributed by atoms with Crippen LogP contribution in [-0.2, 0) is 6.54 Å². The van der Waals surface area contributed by atoms with Crippen LogP contribution in [0.1, 0.15) is 15.9 Å². The molecule has 0 aliphatic heterocycles. The molecule has 0 heterocycles. The molecule has 0 bridgehead atoms. The summed E-state index contributed by atoms with van der Waals surface area (Å²) in [5, 5.41) is 2.65. The van der Waals surface area contributed by atoms with E-state index in [2.05, 4.69) is 5.32 Å². The van der Waals surface area contributed by atoms with E-state index in [4.69, 9.17) is 5.73 Å². The molecule has 1 amide bonds. The molecule has 2 rings (SSSR count). The normalized spacial score (nSPS) is 10.3. The van der Waals surface area contributed by atoms with Gasteiger partial charge in [0, 0.05) is 12.1 Å². The summed E-state index contributed by atoms with van der Waals surface area (Å²) in [6.45, 7) is 0.195. The van der Waals surface area contributed by atoms with E-state index >= 15 is 0 Å². The number of carbonyl (C=O) groups is 1. The quantitative estimate of drug-likeness (QED) is 0.846. The third-order valence-electron chi connectivity index (χ3n) is 2.76. The number of primary amides is 1. The Bertz CT molecular complexity index is 642. The van der Waals surface area contributed by atoms with Crippen molar-refractivity contribution in [3.8, 4) is 0 Å². The number of carbonyl (C=O) groups excluding carboxylic acids is 1. The highest BCUT2D eigenvalue weighted by Gasteiger charge is 2.12. The van der Waals surface area contributed by atoms with E-state index in [1.54, 1.807) is 12.1 Å². The molecule has 0 unspecified atom stereocenters. The summed E-state index contributed by atoms with van der Waals surface area (Å²) in [4.78, 5) is 10.9. The Morgan fingerprint density at radius 3 is 2.25 bits per heavy atom. The van der Waals surface area contributed by atoms with E-state index in [-0.39, 0.29) is 12.2 Å². The number of amides is 1. The standard InChI is InChI=1S/C14H11F3N2O/c15-10-5-6-11(13(17)12(10)16)19-7-8-1-3-9(4-2-8)14(18)20/h1-6,19H,7H2,(H2,18,20). The topological polar surface area (TPSA) is 55.1 Å². The predicted octanol–water partition coefficient (Wildman–Crippen LogP) is 2.81. The largest absolute Gasteiger partial charge is 0.379 e. The van der Waals surface area contributed by atoms with E-state index in [1.165, 1.54) is 12.1 Å². The molecule has 0 saturated carbocycles. The van der Waals surface area contributed by atoms with Crippen LogP contribution in [0.4, 0.5) is 18.9 Å². The molecule has 0 spiro atoms. The average molecular weight is 280 g/mol. The van der Waals surface area contributed by atoms with Gasteiger partial charge >= 0.3 is 0 Å². The van der Waals surface area contributed by atoms with Crippen LogP contribution in [0.2, 0.25) is 0 Å². The number of rotatable bonds is 4. The van der Waals surface area contributed by atoms with Crippen LogP contribution in [0.15, 0.2) is 36.4 Å². The lowest BCUT2D eigenvalue weighted by molar-refractivity contribution is 0.100. The summed E-state index contributed by atoms with van der Waals surface area (Å²) in [6, 6.07) is 8.28. The minimum atomic E-state index is -1.51. The third-order valence-corrected chi connectivity index (χ3v) is 2.76. The van der Waals surface area contributed by atoms with Crippen LogP contribution in [0.3, 0.4) is 0 Å². The summed E-state index contributed by atoms with van der Waals surface area (Å²) < 4.78 is 39.2. The Morgan fingerprint density at radius 1 is 1.00 bits per heavy atom. The highest BCUT2D eigenvalue weighted by Crippen LogP contribution is 2.20. The van der Waals surface area contributed by atoms with E-state index in [0.717, 1.165) is 17.7 Å². The van der Waals surface area contributed by atoms with Crippen LogP contribution < -0.4 is 11.1 Å². The summed E-state index contributed by atoms with van der Waals surface area (Å²) in [5.41, 5.74) is 6.05. The minimum Gasteiger partial charge on any atom is -0.379 e. The van der Waals surface area contributed by atoms with Gasteiger partial charge in [0.1, 0.15) is 0 Å². The zero-order valence-corrected chi connectivity index (χ0v) is 10.3. The summed E-state index contributed by atoms with van der Waals surface area (Å²) in [7, 11) is 0. The molecular formula is C14H11F3N2O. The van der Waals surface area contributed by atoms with Crippen LogP contribution in [-0.4, -0.2) is 5.91 Å². The van der Waals surface area contributed by atoms with Gasteiger partial charge in [0.05, 0.1) is 5.69 Å². The maximum absolute atomic E-state index is 13.4. The van der Waals surface area contributed by atoms with E-state index in [9.17, 15) is 18.0 Å². The number of anilines is 1. The number of halogens is 3. The molecule has 2 aromatic carbocycles. The molecule has 3 N–H and O–H groups in total. The average Bonchev–Trinajstić information content (AvgIpc) is 2.44. The molecule has 2 aromatic rings. The van der Waals surface area contributed by atoms with Crippen molar-refractivity contribution in [3.05, 3.63) is 65.0 Å². The molecular weight excluding hydrogens is 269 g/mol. The molecule has 0 saturated heterocycles. The molecule has 0 fully saturated rings. The Labute approximate surface area is 113 Å². The van der Waals surface area contributed by atoms with Gasteiger partial charge in [0.25, 0.3) is 0 Å². The zero-order chi connectivity index (χ0) is 14.7. The summed E-state index contributed by atoms with van der Waals surface area (Å²) in [5.74, 6) is -4.56. The first-order valence-corrected chi connectivity index (χ1v) is 5.75. The van der Waals surface area contributed by atoms with Gasteiger partial charge in [-0.15, -0.1) is 0 Å². The second-order valence-corrected chi connectivity index (χ2v) is 4.14. The number of nitrogens with two attached hydrogens (primary N) is 1. The third kappa shape index (κ3) is 2.90. The molecule has 0 radical (unpaired) electrons. The van der Waals surface area contributed by atoms with Gasteiger partial charge in [-0.2, -0.15) is 0 Å². The lowest BCUT2D eigenvalue weighted by atomic mass is 10.1. The Hall–Kier alpha value is -2.50. The van der Waals surface area contributed by atoms with Crippen molar-refractivity contribution in [2.75, 3.05) is 5.32 Å². The van der Waals surface area contributed by atoms with Crippen molar-refractivity contribution < 1.29 is 18.0 Å². The maximum atomic E-state index is 13.4. The Kier molecular flexibility index (Phi) is 3.93. The molecule has 6 heteroatoms. The number of nitrogens with one attached hydrogen (secondary N) is 1. The monoisotopic (exact) mass is 280 g/mol. The van der Waals surface area contributed by atoms with E-state index in [0.29, 0.717) is 5.56 Å². The van der Waals surface area contributed by atoms with Crippen molar-refractivity contribution in [1.82, 2.24) is 0 Å². The van der Waals surface area contributed by atoms with Crippen LogP contribution in [0.25, 0.3) is 0 Å². The van der Waals surface area contributed by atoms with Crippen molar-refractivity contribution in [2.24, 2.45) is 5.73 Å². The lowest BCUT2D eigenvalue weighted by Crippen LogP contribution is -2.11. The number of hydrogen-bond donors (Lipinski definition) is 2. The molecule has 104 valence electrons. The first-order chi connectivity index (χ1) is 9.49. The van der Waals surface area contributed by atoms with E-state index < -0.39 is 23.4 Å². The fraction of sp³-hybridized carbons (Fsp3) is 0.0714. The fourth-order valence-electron chi connectivity index (χ4n) is 1.65. The number of benzene rings is 2. The van der Waals surface area contributed by atoms with Gasteiger partial charge in [-0.1, -0.05) is 12.1 Å².